The lowest BCUT2D eigenvalue weighted by Crippen LogP contribution is -2.36. The fourth-order valence-corrected chi connectivity index (χ4v) is 2.36. The van der Waals surface area contributed by atoms with Gasteiger partial charge in [0.1, 0.15) is 0 Å². The number of halogens is 1. The van der Waals surface area contributed by atoms with Gasteiger partial charge in [-0.25, -0.2) is 0 Å². The number of guanidine groups is 1. The lowest BCUT2D eigenvalue weighted by atomic mass is 10.2. The lowest BCUT2D eigenvalue weighted by molar-refractivity contribution is -0.384. The first-order chi connectivity index (χ1) is 12.2. The predicted octanol–water partition coefficient (Wildman–Crippen LogP) is 2.12. The van der Waals surface area contributed by atoms with Gasteiger partial charge in [0.25, 0.3) is 5.69 Å². The van der Waals surface area contributed by atoms with Crippen molar-refractivity contribution in [1.82, 2.24) is 25.2 Å². The highest BCUT2D eigenvalue weighted by molar-refractivity contribution is 14.0. The van der Waals surface area contributed by atoms with Crippen LogP contribution in [0.4, 0.5) is 5.69 Å². The average molecular weight is 467 g/mol. The topological polar surface area (TPSA) is 110 Å². The molecule has 26 heavy (non-hydrogen) atoms. The molecular weight excluding hydrogens is 449 g/mol. The van der Waals surface area contributed by atoms with Crippen LogP contribution in [0.15, 0.2) is 53.7 Å². The van der Waals surface area contributed by atoms with E-state index < -0.39 is 4.92 Å². The minimum absolute atomic E-state index is 0. The van der Waals surface area contributed by atoms with Crippen LogP contribution in [-0.4, -0.2) is 32.5 Å². The van der Waals surface area contributed by atoms with Crippen LogP contribution < -0.4 is 10.6 Å². The molecule has 0 saturated carbocycles. The molecule has 10 heteroatoms. The minimum atomic E-state index is -0.410. The normalized spacial score (nSPS) is 11.0. The lowest BCUT2D eigenvalue weighted by Gasteiger charge is -2.11. The Labute approximate surface area is 166 Å². The predicted molar refractivity (Wildman–Crippen MR) is 109 cm³/mol. The van der Waals surface area contributed by atoms with Crippen molar-refractivity contribution in [2.24, 2.45) is 4.99 Å². The molecule has 0 saturated heterocycles. The van der Waals surface area contributed by atoms with Crippen LogP contribution in [0, 0.1) is 10.1 Å². The number of fused-ring (bicyclic) bond motifs is 1. The molecule has 0 amide bonds. The Bertz CT molecular complexity index is 926. The van der Waals surface area contributed by atoms with Crippen LogP contribution in [0.25, 0.3) is 5.65 Å². The van der Waals surface area contributed by atoms with Gasteiger partial charge in [0.2, 0.25) is 0 Å². The first-order valence-corrected chi connectivity index (χ1v) is 7.64. The van der Waals surface area contributed by atoms with Crippen LogP contribution in [0.1, 0.15) is 11.4 Å². The van der Waals surface area contributed by atoms with Gasteiger partial charge >= 0.3 is 0 Å². The zero-order valence-electron chi connectivity index (χ0n) is 14.0. The van der Waals surface area contributed by atoms with Crippen molar-refractivity contribution in [3.8, 4) is 0 Å². The summed E-state index contributed by atoms with van der Waals surface area (Å²) in [5, 5.41) is 25.3. The molecular formula is C16H18IN7O2. The van der Waals surface area contributed by atoms with Crippen molar-refractivity contribution < 1.29 is 4.92 Å². The Morgan fingerprint density at radius 2 is 2.00 bits per heavy atom. The van der Waals surface area contributed by atoms with E-state index in [2.05, 4.69) is 25.8 Å². The summed E-state index contributed by atoms with van der Waals surface area (Å²) in [6.45, 7) is 0.863. The van der Waals surface area contributed by atoms with Crippen LogP contribution in [0.3, 0.4) is 0 Å². The number of aliphatic imine (C=N–C) groups is 1. The second-order valence-electron chi connectivity index (χ2n) is 5.25. The van der Waals surface area contributed by atoms with E-state index in [1.165, 1.54) is 12.1 Å². The number of hydrogen-bond donors (Lipinski definition) is 2. The number of nitrogens with one attached hydrogen (secondary N) is 2. The maximum absolute atomic E-state index is 10.8. The van der Waals surface area contributed by atoms with Gasteiger partial charge in [0, 0.05) is 31.9 Å². The molecule has 0 spiro atoms. The van der Waals surface area contributed by atoms with Gasteiger partial charge in [0.05, 0.1) is 11.5 Å². The van der Waals surface area contributed by atoms with Crippen LogP contribution >= 0.6 is 24.0 Å². The highest BCUT2D eigenvalue weighted by Crippen LogP contribution is 2.12. The summed E-state index contributed by atoms with van der Waals surface area (Å²) in [5.74, 6) is 1.33. The van der Waals surface area contributed by atoms with Crippen LogP contribution in [0.2, 0.25) is 0 Å². The van der Waals surface area contributed by atoms with E-state index in [9.17, 15) is 10.1 Å². The molecule has 2 aromatic heterocycles. The summed E-state index contributed by atoms with van der Waals surface area (Å²) in [5.41, 5.74) is 1.64. The number of benzene rings is 1. The van der Waals surface area contributed by atoms with E-state index in [1.807, 2.05) is 34.9 Å². The quantitative estimate of drug-likeness (QED) is 0.196. The summed E-state index contributed by atoms with van der Waals surface area (Å²) >= 11 is 0. The summed E-state index contributed by atoms with van der Waals surface area (Å²) in [4.78, 5) is 14.6. The molecule has 2 heterocycles. The van der Waals surface area contributed by atoms with E-state index in [1.54, 1.807) is 13.1 Å². The number of nitro groups is 1. The second kappa shape index (κ2) is 9.08. The molecule has 1 aromatic carbocycles. The number of aromatic nitrogens is 3. The van der Waals surface area contributed by atoms with Gasteiger partial charge < -0.3 is 10.6 Å². The molecule has 0 aliphatic rings. The Hall–Kier alpha value is -2.76. The first kappa shape index (κ1) is 19.6. The highest BCUT2D eigenvalue weighted by Gasteiger charge is 2.08. The number of hydrogen-bond acceptors (Lipinski definition) is 5. The molecule has 9 nitrogen and oxygen atoms in total. The standard InChI is InChI=1S/C16H17N7O2.HI/c1-17-16(18-10-12-5-4-6-13(9-12)23(24)25)19-11-15-21-20-14-7-2-3-8-22(14)15;/h2-9H,10-11H2,1H3,(H2,17,18,19);1H. The third-order valence-electron chi connectivity index (χ3n) is 3.60. The average Bonchev–Trinajstić information content (AvgIpc) is 3.05. The zero-order valence-corrected chi connectivity index (χ0v) is 16.3. The molecule has 0 atom stereocenters. The zero-order chi connectivity index (χ0) is 17.6. The van der Waals surface area contributed by atoms with Gasteiger partial charge in [0.15, 0.2) is 17.4 Å². The van der Waals surface area contributed by atoms with Gasteiger partial charge in [-0.3, -0.25) is 19.5 Å². The molecule has 0 radical (unpaired) electrons. The molecule has 136 valence electrons. The number of nitro benzene ring substituents is 1. The molecule has 0 bridgehead atoms. The molecule has 0 unspecified atom stereocenters. The van der Waals surface area contributed by atoms with Crippen LogP contribution in [-0.2, 0) is 13.1 Å². The molecule has 0 aliphatic carbocycles. The molecule has 3 aromatic rings. The second-order valence-corrected chi connectivity index (χ2v) is 5.25. The first-order valence-electron chi connectivity index (χ1n) is 7.64. The Balaban J connectivity index is 0.00000243. The van der Waals surface area contributed by atoms with E-state index in [-0.39, 0.29) is 29.7 Å². The molecule has 2 N–H and O–H groups in total. The SMILES string of the molecule is CN=C(NCc1cccc([N+](=O)[O-])c1)NCc1nnc2ccccn12.I. The number of non-ortho nitro benzene ring substituents is 1. The molecule has 3 rings (SSSR count). The number of rotatable bonds is 5. The third-order valence-corrected chi connectivity index (χ3v) is 3.60. The fourth-order valence-electron chi connectivity index (χ4n) is 2.36. The van der Waals surface area contributed by atoms with Gasteiger partial charge in [-0.1, -0.05) is 18.2 Å². The van der Waals surface area contributed by atoms with Crippen molar-refractivity contribution >= 4 is 41.3 Å². The van der Waals surface area contributed by atoms with E-state index in [4.69, 9.17) is 0 Å². The maximum Gasteiger partial charge on any atom is 0.269 e. The van der Waals surface area contributed by atoms with Crippen molar-refractivity contribution in [2.45, 2.75) is 13.1 Å². The van der Waals surface area contributed by atoms with E-state index in [0.717, 1.165) is 17.0 Å². The minimum Gasteiger partial charge on any atom is -0.352 e. The fraction of sp³-hybridized carbons (Fsp3) is 0.188. The third kappa shape index (κ3) is 4.65. The summed E-state index contributed by atoms with van der Waals surface area (Å²) in [6, 6.07) is 12.2. The molecule has 0 aliphatic heterocycles. The Morgan fingerprint density at radius 3 is 2.77 bits per heavy atom. The monoisotopic (exact) mass is 467 g/mol. The van der Waals surface area contributed by atoms with Gasteiger partial charge in [-0.05, 0) is 17.7 Å². The van der Waals surface area contributed by atoms with Crippen molar-refractivity contribution in [3.05, 3.63) is 70.2 Å². The number of nitrogens with zero attached hydrogens (tertiary/aromatic N) is 5. The largest absolute Gasteiger partial charge is 0.352 e. The smallest absolute Gasteiger partial charge is 0.269 e. The summed E-state index contributed by atoms with van der Waals surface area (Å²) < 4.78 is 1.89. The van der Waals surface area contributed by atoms with Crippen molar-refractivity contribution in [1.29, 1.82) is 0 Å². The number of pyridine rings is 1. The molecule has 0 fully saturated rings. The van der Waals surface area contributed by atoms with E-state index in [0.29, 0.717) is 19.0 Å². The van der Waals surface area contributed by atoms with Gasteiger partial charge in [-0.2, -0.15) is 0 Å². The maximum atomic E-state index is 10.8. The van der Waals surface area contributed by atoms with E-state index >= 15 is 0 Å². The Morgan fingerprint density at radius 1 is 1.19 bits per heavy atom. The van der Waals surface area contributed by atoms with Gasteiger partial charge in [-0.15, -0.1) is 34.2 Å². The van der Waals surface area contributed by atoms with Crippen LogP contribution in [0.5, 0.6) is 0 Å². The highest BCUT2D eigenvalue weighted by atomic mass is 127. The summed E-state index contributed by atoms with van der Waals surface area (Å²) in [7, 11) is 1.66. The summed E-state index contributed by atoms with van der Waals surface area (Å²) in [6.07, 6.45) is 1.89. The van der Waals surface area contributed by atoms with Crippen molar-refractivity contribution in [2.75, 3.05) is 7.05 Å². The Kier molecular flexibility index (Phi) is 6.83. The van der Waals surface area contributed by atoms with Crippen molar-refractivity contribution in [3.63, 3.8) is 0 Å².